The highest BCUT2D eigenvalue weighted by molar-refractivity contribution is 7.13. The summed E-state index contributed by atoms with van der Waals surface area (Å²) in [5.41, 5.74) is 0.110. The summed E-state index contributed by atoms with van der Waals surface area (Å²) in [4.78, 5) is 27.5. The fourth-order valence-electron chi connectivity index (χ4n) is 1.25. The van der Waals surface area contributed by atoms with Crippen LogP contribution in [0.3, 0.4) is 0 Å². The van der Waals surface area contributed by atoms with Crippen molar-refractivity contribution in [3.05, 3.63) is 11.1 Å². The maximum Gasteiger partial charge on any atom is 0.408 e. The molecule has 0 aliphatic carbocycles. The van der Waals surface area contributed by atoms with Crippen molar-refractivity contribution in [3.8, 4) is 0 Å². The molecule has 0 radical (unpaired) electrons. The van der Waals surface area contributed by atoms with Crippen LogP contribution in [0.1, 0.15) is 26.5 Å². The molecule has 1 atom stereocenters. The van der Waals surface area contributed by atoms with Gasteiger partial charge in [0.05, 0.1) is 12.3 Å². The highest BCUT2D eigenvalue weighted by Crippen LogP contribution is 2.14. The molecule has 8 heteroatoms. The lowest BCUT2D eigenvalue weighted by Gasteiger charge is -2.22. The molecule has 3 N–H and O–H groups in total. The summed E-state index contributed by atoms with van der Waals surface area (Å²) in [6.07, 6.45) is -0.762. The second kappa shape index (κ2) is 6.67. The number of anilines is 1. The van der Waals surface area contributed by atoms with Gasteiger partial charge in [-0.25, -0.2) is 9.78 Å². The van der Waals surface area contributed by atoms with Crippen LogP contribution in [-0.4, -0.2) is 40.3 Å². The highest BCUT2D eigenvalue weighted by Gasteiger charge is 2.24. The Morgan fingerprint density at radius 2 is 2.15 bits per heavy atom. The molecule has 0 aromatic carbocycles. The zero-order chi connectivity index (χ0) is 15.3. The Labute approximate surface area is 121 Å². The van der Waals surface area contributed by atoms with E-state index in [1.807, 2.05) is 0 Å². The van der Waals surface area contributed by atoms with Crippen molar-refractivity contribution in [3.63, 3.8) is 0 Å². The number of carbonyl (C=O) groups is 2. The SMILES string of the molecule is Cc1csc(NC(=O)[C@H](CO)NC(=O)OC(C)(C)C)n1. The van der Waals surface area contributed by atoms with E-state index in [1.54, 1.807) is 33.1 Å². The Bertz CT molecular complexity index is 481. The monoisotopic (exact) mass is 301 g/mol. The molecule has 0 saturated carbocycles. The first-order valence-corrected chi connectivity index (χ1v) is 6.92. The first-order chi connectivity index (χ1) is 9.21. The summed E-state index contributed by atoms with van der Waals surface area (Å²) < 4.78 is 5.02. The molecular formula is C12H19N3O4S. The van der Waals surface area contributed by atoms with Gasteiger partial charge in [0.2, 0.25) is 0 Å². The third kappa shape index (κ3) is 5.54. The molecule has 0 aliphatic rings. The zero-order valence-electron chi connectivity index (χ0n) is 11.9. The molecule has 1 rings (SSSR count). The van der Waals surface area contributed by atoms with Crippen LogP contribution in [0.2, 0.25) is 0 Å². The maximum absolute atomic E-state index is 11.9. The summed E-state index contributed by atoms with van der Waals surface area (Å²) in [6.45, 7) is 6.39. The third-order valence-electron chi connectivity index (χ3n) is 2.04. The summed E-state index contributed by atoms with van der Waals surface area (Å²) in [5, 5.41) is 16.2. The number of aromatic nitrogens is 1. The van der Waals surface area contributed by atoms with Crippen LogP contribution < -0.4 is 10.6 Å². The molecule has 20 heavy (non-hydrogen) atoms. The van der Waals surface area contributed by atoms with Crippen molar-refractivity contribution in [2.24, 2.45) is 0 Å². The van der Waals surface area contributed by atoms with Crippen LogP contribution in [0.15, 0.2) is 5.38 Å². The number of aryl methyl sites for hydroxylation is 1. The number of nitrogens with one attached hydrogen (secondary N) is 2. The van der Waals surface area contributed by atoms with Crippen LogP contribution >= 0.6 is 11.3 Å². The van der Waals surface area contributed by atoms with E-state index in [0.29, 0.717) is 5.13 Å². The van der Waals surface area contributed by atoms with E-state index in [9.17, 15) is 14.7 Å². The van der Waals surface area contributed by atoms with Crippen molar-refractivity contribution in [2.45, 2.75) is 39.3 Å². The lowest BCUT2D eigenvalue weighted by molar-refractivity contribution is -0.119. The minimum absolute atomic E-state index is 0.414. The zero-order valence-corrected chi connectivity index (χ0v) is 12.7. The average Bonchev–Trinajstić information content (AvgIpc) is 2.69. The molecule has 0 aliphatic heterocycles. The third-order valence-corrected chi connectivity index (χ3v) is 2.91. The normalized spacial score (nSPS) is 12.7. The lowest BCUT2D eigenvalue weighted by Crippen LogP contribution is -2.47. The number of hydrogen-bond acceptors (Lipinski definition) is 6. The number of aliphatic hydroxyl groups is 1. The Kier molecular flexibility index (Phi) is 5.46. The van der Waals surface area contributed by atoms with Gasteiger partial charge in [-0.3, -0.25) is 4.79 Å². The molecule has 1 aromatic rings. The number of hydrogen-bond donors (Lipinski definition) is 3. The molecule has 0 spiro atoms. The first-order valence-electron chi connectivity index (χ1n) is 6.04. The fourth-order valence-corrected chi connectivity index (χ4v) is 1.94. The number of ether oxygens (including phenoxy) is 1. The van der Waals surface area contributed by atoms with Gasteiger partial charge in [-0.2, -0.15) is 0 Å². The van der Waals surface area contributed by atoms with Crippen molar-refractivity contribution in [1.82, 2.24) is 10.3 Å². The minimum atomic E-state index is -1.09. The van der Waals surface area contributed by atoms with Gasteiger partial charge in [-0.05, 0) is 27.7 Å². The number of amides is 2. The van der Waals surface area contributed by atoms with Crippen LogP contribution in [0.25, 0.3) is 0 Å². The predicted octanol–water partition coefficient (Wildman–Crippen LogP) is 1.28. The van der Waals surface area contributed by atoms with Gasteiger partial charge in [0.25, 0.3) is 5.91 Å². The van der Waals surface area contributed by atoms with Crippen LogP contribution in [-0.2, 0) is 9.53 Å². The van der Waals surface area contributed by atoms with Crippen molar-refractivity contribution < 1.29 is 19.4 Å². The standard InChI is InChI=1S/C12H19N3O4S/c1-7-6-20-10(13-7)15-9(17)8(5-16)14-11(18)19-12(2,3)4/h6,8,16H,5H2,1-4H3,(H,14,18)(H,13,15,17)/t8-/m0/s1. The molecule has 0 saturated heterocycles. The van der Waals surface area contributed by atoms with E-state index >= 15 is 0 Å². The van der Waals surface area contributed by atoms with E-state index in [-0.39, 0.29) is 0 Å². The smallest absolute Gasteiger partial charge is 0.408 e. The lowest BCUT2D eigenvalue weighted by atomic mass is 10.2. The fraction of sp³-hybridized carbons (Fsp3) is 0.583. The van der Waals surface area contributed by atoms with Crippen molar-refractivity contribution >= 4 is 28.5 Å². The predicted molar refractivity (Wildman–Crippen MR) is 75.7 cm³/mol. The van der Waals surface area contributed by atoms with Gasteiger partial charge in [0, 0.05) is 5.38 Å². The number of rotatable bonds is 4. The quantitative estimate of drug-likeness (QED) is 0.777. The minimum Gasteiger partial charge on any atom is -0.444 e. The molecule has 2 amide bonds. The van der Waals surface area contributed by atoms with Gasteiger partial charge < -0.3 is 20.5 Å². The summed E-state index contributed by atoms with van der Waals surface area (Å²) in [5.74, 6) is -0.548. The van der Waals surface area contributed by atoms with E-state index in [2.05, 4.69) is 15.6 Å². The number of aliphatic hydroxyl groups excluding tert-OH is 1. The maximum atomic E-state index is 11.9. The van der Waals surface area contributed by atoms with Crippen LogP contribution in [0.5, 0.6) is 0 Å². The Balaban J connectivity index is 2.57. The molecule has 0 bridgehead atoms. The Morgan fingerprint density at radius 1 is 1.50 bits per heavy atom. The summed E-state index contributed by atoms with van der Waals surface area (Å²) in [6, 6.07) is -1.09. The van der Waals surface area contributed by atoms with E-state index in [1.165, 1.54) is 11.3 Å². The topological polar surface area (TPSA) is 101 Å². The van der Waals surface area contributed by atoms with Crippen LogP contribution in [0, 0.1) is 6.92 Å². The van der Waals surface area contributed by atoms with Gasteiger partial charge >= 0.3 is 6.09 Å². The summed E-state index contributed by atoms with van der Waals surface area (Å²) >= 11 is 1.27. The molecule has 1 heterocycles. The van der Waals surface area contributed by atoms with Gasteiger partial charge in [-0.1, -0.05) is 0 Å². The van der Waals surface area contributed by atoms with Crippen molar-refractivity contribution in [1.29, 1.82) is 0 Å². The number of nitrogens with zero attached hydrogens (tertiary/aromatic N) is 1. The second-order valence-corrected chi connectivity index (χ2v) is 6.02. The second-order valence-electron chi connectivity index (χ2n) is 5.16. The van der Waals surface area contributed by atoms with E-state index in [4.69, 9.17) is 4.74 Å². The molecule has 0 fully saturated rings. The Morgan fingerprint density at radius 3 is 2.60 bits per heavy atom. The average molecular weight is 301 g/mol. The number of thiazole rings is 1. The van der Waals surface area contributed by atoms with Crippen LogP contribution in [0.4, 0.5) is 9.93 Å². The molecule has 1 aromatic heterocycles. The number of carbonyl (C=O) groups excluding carboxylic acids is 2. The summed E-state index contributed by atoms with van der Waals surface area (Å²) in [7, 11) is 0. The van der Waals surface area contributed by atoms with Gasteiger partial charge in [0.15, 0.2) is 5.13 Å². The molecule has 7 nitrogen and oxygen atoms in total. The molecule has 0 unspecified atom stereocenters. The van der Waals surface area contributed by atoms with Crippen molar-refractivity contribution in [2.75, 3.05) is 11.9 Å². The molecular weight excluding hydrogens is 282 g/mol. The first kappa shape index (κ1) is 16.4. The van der Waals surface area contributed by atoms with E-state index in [0.717, 1.165) is 5.69 Å². The molecule has 112 valence electrons. The van der Waals surface area contributed by atoms with Gasteiger partial charge in [0.1, 0.15) is 11.6 Å². The largest absolute Gasteiger partial charge is 0.444 e. The highest BCUT2D eigenvalue weighted by atomic mass is 32.1. The number of alkyl carbamates (subject to hydrolysis) is 1. The van der Waals surface area contributed by atoms with Gasteiger partial charge in [-0.15, -0.1) is 11.3 Å². The Hall–Kier alpha value is -1.67. The van der Waals surface area contributed by atoms with E-state index < -0.39 is 30.3 Å².